The Balaban J connectivity index is 0.000000364. The largest absolute Gasteiger partial charge is 2.00 e. The van der Waals surface area contributed by atoms with Crippen molar-refractivity contribution in [3.05, 3.63) is 85.0 Å². The normalized spacial score (nSPS) is 8.76. The second-order valence-corrected chi connectivity index (χ2v) is 4.20. The molecule has 0 aromatic heterocycles. The molecule has 0 heterocycles. The molecule has 0 atom stereocenters. The summed E-state index contributed by atoms with van der Waals surface area (Å²) in [5.41, 5.74) is 1.63. The average Bonchev–Trinajstić information content (AvgIpc) is 2.45. The smallest absolute Gasteiger partial charge is 0.872 e. The first-order valence-corrected chi connectivity index (χ1v) is 6.40. The van der Waals surface area contributed by atoms with Crippen molar-refractivity contribution in [2.45, 2.75) is 12.8 Å². The van der Waals surface area contributed by atoms with E-state index in [9.17, 15) is 10.2 Å². The van der Waals surface area contributed by atoms with Crippen LogP contribution >= 0.6 is 0 Å². The summed E-state index contributed by atoms with van der Waals surface area (Å²) in [6.45, 7) is 7.12. The molecule has 2 rings (SSSR count). The van der Waals surface area contributed by atoms with Gasteiger partial charge in [0.05, 0.1) is 0 Å². The summed E-state index contributed by atoms with van der Waals surface area (Å²) in [6, 6.07) is 14.0. The minimum absolute atomic E-state index is 0. The molecule has 2 aromatic rings. The Labute approximate surface area is 140 Å². The second-order valence-electron chi connectivity index (χ2n) is 4.20. The maximum atomic E-state index is 11.0. The van der Waals surface area contributed by atoms with Crippen LogP contribution in [0.3, 0.4) is 0 Å². The zero-order valence-corrected chi connectivity index (χ0v) is 14.0. The van der Waals surface area contributed by atoms with Gasteiger partial charge >= 0.3 is 21.1 Å². The molecule has 112 valence electrons. The number of allylic oxidation sites excluding steroid dienone is 2. The van der Waals surface area contributed by atoms with Gasteiger partial charge in [0.25, 0.3) is 0 Å². The van der Waals surface area contributed by atoms with Crippen LogP contribution in [0.4, 0.5) is 0 Å². The zero-order valence-electron chi connectivity index (χ0n) is 11.7. The van der Waals surface area contributed by atoms with E-state index < -0.39 is 0 Å². The summed E-state index contributed by atoms with van der Waals surface area (Å²) in [6.07, 6.45) is 4.80. The van der Waals surface area contributed by atoms with E-state index in [-0.39, 0.29) is 32.6 Å². The SMILES string of the molecule is C=CCc1ccccc1[O-].C=CCc1ccccc1[O-].[Pt+2]. The first-order chi connectivity index (χ1) is 9.69. The van der Waals surface area contributed by atoms with Crippen LogP contribution in [0.5, 0.6) is 11.5 Å². The van der Waals surface area contributed by atoms with E-state index in [0.717, 1.165) is 11.1 Å². The van der Waals surface area contributed by atoms with Crippen molar-refractivity contribution < 1.29 is 31.3 Å². The molecule has 0 aliphatic heterocycles. The van der Waals surface area contributed by atoms with Crippen molar-refractivity contribution in [3.8, 4) is 11.5 Å². The van der Waals surface area contributed by atoms with Crippen LogP contribution in [0, 0.1) is 0 Å². The van der Waals surface area contributed by atoms with E-state index in [1.165, 1.54) is 0 Å². The van der Waals surface area contributed by atoms with Crippen LogP contribution in [0.2, 0.25) is 0 Å². The maximum absolute atomic E-state index is 11.0. The molecule has 0 N–H and O–H groups in total. The van der Waals surface area contributed by atoms with Gasteiger partial charge in [-0.2, -0.15) is 0 Å². The fourth-order valence-electron chi connectivity index (χ4n) is 1.66. The average molecular weight is 461 g/mol. The summed E-state index contributed by atoms with van der Waals surface area (Å²) in [7, 11) is 0. The Morgan fingerprint density at radius 1 is 0.714 bits per heavy atom. The van der Waals surface area contributed by atoms with Gasteiger partial charge < -0.3 is 10.2 Å². The molecule has 0 aliphatic carbocycles. The molecule has 0 saturated carbocycles. The van der Waals surface area contributed by atoms with Crippen LogP contribution in [0.25, 0.3) is 0 Å². The van der Waals surface area contributed by atoms with E-state index in [4.69, 9.17) is 0 Å². The van der Waals surface area contributed by atoms with Gasteiger partial charge in [0.2, 0.25) is 0 Å². The van der Waals surface area contributed by atoms with Crippen molar-refractivity contribution in [3.63, 3.8) is 0 Å². The molecule has 0 saturated heterocycles. The summed E-state index contributed by atoms with van der Waals surface area (Å²) >= 11 is 0. The minimum atomic E-state index is 0. The van der Waals surface area contributed by atoms with Gasteiger partial charge in [-0.05, 0) is 12.8 Å². The van der Waals surface area contributed by atoms with Crippen LogP contribution in [-0.2, 0) is 33.9 Å². The van der Waals surface area contributed by atoms with Gasteiger partial charge in [-0.1, -0.05) is 71.8 Å². The van der Waals surface area contributed by atoms with Crippen molar-refractivity contribution in [1.29, 1.82) is 0 Å². The molecule has 2 nitrogen and oxygen atoms in total. The second kappa shape index (κ2) is 10.9. The predicted octanol–water partition coefficient (Wildman–Crippen LogP) is 2.97. The number of benzene rings is 2. The quantitative estimate of drug-likeness (QED) is 0.658. The van der Waals surface area contributed by atoms with Gasteiger partial charge in [-0.15, -0.1) is 24.7 Å². The van der Waals surface area contributed by atoms with Gasteiger partial charge in [0, 0.05) is 0 Å². The van der Waals surface area contributed by atoms with Gasteiger partial charge in [0.15, 0.2) is 0 Å². The van der Waals surface area contributed by atoms with Crippen LogP contribution < -0.4 is 10.2 Å². The first-order valence-electron chi connectivity index (χ1n) is 6.40. The van der Waals surface area contributed by atoms with E-state index in [0.29, 0.717) is 12.8 Å². The van der Waals surface area contributed by atoms with Gasteiger partial charge in [0.1, 0.15) is 0 Å². The van der Waals surface area contributed by atoms with Crippen molar-refractivity contribution in [2.24, 2.45) is 0 Å². The topological polar surface area (TPSA) is 46.1 Å². The Hall–Kier alpha value is -1.79. The molecule has 2 aromatic carbocycles. The molecule has 0 spiro atoms. The predicted molar refractivity (Wildman–Crippen MR) is 79.6 cm³/mol. The molecule has 0 bridgehead atoms. The number of hydrogen-bond acceptors (Lipinski definition) is 2. The standard InChI is InChI=1S/2C9H10O.Pt/c2*1-2-5-8-6-3-4-7-9(8)10;/h2*2-4,6-7,10H,1,5H2;/q;;+2/p-2. The molecular weight excluding hydrogens is 443 g/mol. The van der Waals surface area contributed by atoms with Crippen molar-refractivity contribution in [1.82, 2.24) is 0 Å². The van der Waals surface area contributed by atoms with E-state index in [1.54, 1.807) is 36.4 Å². The monoisotopic (exact) mass is 461 g/mol. The summed E-state index contributed by atoms with van der Waals surface area (Å²) in [4.78, 5) is 0. The maximum Gasteiger partial charge on any atom is 2.00 e. The fraction of sp³-hybridized carbons (Fsp3) is 0.111. The minimum Gasteiger partial charge on any atom is -0.872 e. The number of para-hydroxylation sites is 2. The molecule has 0 aliphatic rings. The molecule has 0 amide bonds. The van der Waals surface area contributed by atoms with Crippen molar-refractivity contribution in [2.75, 3.05) is 0 Å². The Morgan fingerprint density at radius 3 is 1.33 bits per heavy atom. The molecule has 0 unspecified atom stereocenters. The summed E-state index contributed by atoms with van der Waals surface area (Å²) in [5, 5.41) is 21.9. The third-order valence-corrected chi connectivity index (χ3v) is 2.67. The third-order valence-electron chi connectivity index (χ3n) is 2.67. The van der Waals surface area contributed by atoms with E-state index in [1.807, 2.05) is 24.3 Å². The molecular formula is C18H18O2Pt. The third kappa shape index (κ3) is 6.96. The van der Waals surface area contributed by atoms with Gasteiger partial charge in [-0.3, -0.25) is 0 Å². The zero-order chi connectivity index (χ0) is 14.8. The van der Waals surface area contributed by atoms with Crippen LogP contribution in [-0.4, -0.2) is 0 Å². The summed E-state index contributed by atoms with van der Waals surface area (Å²) in [5.74, 6) is 0.199. The number of hydrogen-bond donors (Lipinski definition) is 0. The number of rotatable bonds is 4. The molecule has 0 radical (unpaired) electrons. The Kier molecular flexibility index (Phi) is 10.00. The van der Waals surface area contributed by atoms with Crippen LogP contribution in [0.1, 0.15) is 11.1 Å². The van der Waals surface area contributed by atoms with Gasteiger partial charge in [-0.25, -0.2) is 0 Å². The molecule has 0 fully saturated rings. The summed E-state index contributed by atoms with van der Waals surface area (Å²) < 4.78 is 0. The fourth-order valence-corrected chi connectivity index (χ4v) is 1.66. The Bertz CT molecular complexity index is 513. The molecule has 3 heteroatoms. The first kappa shape index (κ1) is 19.2. The molecule has 21 heavy (non-hydrogen) atoms. The van der Waals surface area contributed by atoms with Crippen LogP contribution in [0.15, 0.2) is 73.8 Å². The van der Waals surface area contributed by atoms with E-state index >= 15 is 0 Å². The van der Waals surface area contributed by atoms with E-state index in [2.05, 4.69) is 13.2 Å². The van der Waals surface area contributed by atoms with Crippen molar-refractivity contribution >= 4 is 0 Å². The Morgan fingerprint density at radius 2 is 1.05 bits per heavy atom.